The Balaban J connectivity index is 0.000000264. The third kappa shape index (κ3) is 10.8. The van der Waals surface area contributed by atoms with E-state index in [1.54, 1.807) is 63.9 Å². The summed E-state index contributed by atoms with van der Waals surface area (Å²) >= 11 is 21.5. The number of rotatable bonds is 4. The third-order valence-corrected chi connectivity index (χ3v) is 12.0. The molecule has 10 heterocycles. The molecular weight excluding hydrogens is 1180 g/mol. The van der Waals surface area contributed by atoms with Crippen LogP contribution in [-0.2, 0) is 26.2 Å². The van der Waals surface area contributed by atoms with Crippen molar-refractivity contribution in [1.82, 2.24) is 29.5 Å². The summed E-state index contributed by atoms with van der Waals surface area (Å²) in [7, 11) is 4.82. The first-order valence-corrected chi connectivity index (χ1v) is 23.0. The number of aryl methyl sites for hydroxylation is 1. The van der Waals surface area contributed by atoms with E-state index in [1.807, 2.05) is 6.92 Å². The fraction of sp³-hybridized carbons (Fsp3) is 0.186. The lowest BCUT2D eigenvalue weighted by Crippen LogP contribution is -2.30. The second-order valence-corrected chi connectivity index (χ2v) is 18.0. The van der Waals surface area contributed by atoms with Crippen LogP contribution in [0.25, 0.3) is 11.0 Å². The number of nitrogens with one attached hydrogen (secondary N) is 3. The van der Waals surface area contributed by atoms with Crippen molar-refractivity contribution in [3.05, 3.63) is 107 Å². The van der Waals surface area contributed by atoms with Gasteiger partial charge in [0.25, 0.3) is 29.3 Å². The fourth-order valence-electron chi connectivity index (χ4n) is 7.03. The topological polar surface area (TPSA) is 345 Å². The molecule has 4 aliphatic heterocycles. The Hall–Kier alpha value is -7.17. The second kappa shape index (κ2) is 23.8. The minimum Gasteiger partial charge on any atom is -0.493 e. The van der Waals surface area contributed by atoms with Gasteiger partial charge in [-0.05, 0) is 92.0 Å². The number of fused-ring (bicyclic) bond motifs is 5. The molecule has 10 rings (SSSR count). The Morgan fingerprint density at radius 3 is 1.56 bits per heavy atom. The maximum atomic E-state index is 12.7. The number of hydrogen-bond donors (Lipinski definition) is 4. The van der Waals surface area contributed by atoms with E-state index in [4.69, 9.17) is 39.8 Å². The Bertz CT molecular complexity index is 3290. The summed E-state index contributed by atoms with van der Waals surface area (Å²) in [6.07, 6.45) is 7.69. The zero-order chi connectivity index (χ0) is 51.5. The van der Waals surface area contributed by atoms with E-state index in [1.165, 1.54) is 49.7 Å². The fourth-order valence-corrected chi connectivity index (χ4v) is 8.34. The molecule has 4 amide bonds. The minimum atomic E-state index is -0.531. The van der Waals surface area contributed by atoms with Crippen molar-refractivity contribution in [3.63, 3.8) is 0 Å². The molecule has 0 aromatic carbocycles. The number of aromatic nitrogens is 6. The van der Waals surface area contributed by atoms with Gasteiger partial charge in [0.15, 0.2) is 17.1 Å². The van der Waals surface area contributed by atoms with Gasteiger partial charge in [-0.25, -0.2) is 41.5 Å². The molecule has 0 bridgehead atoms. The minimum absolute atomic E-state index is 0. The molecule has 376 valence electrons. The average molecular weight is 1220 g/mol. The number of halogens is 5. The molecule has 24 nitrogen and oxygen atoms in total. The van der Waals surface area contributed by atoms with Gasteiger partial charge >= 0.3 is 5.91 Å². The van der Waals surface area contributed by atoms with Crippen molar-refractivity contribution in [1.29, 1.82) is 16.6 Å². The van der Waals surface area contributed by atoms with Crippen molar-refractivity contribution < 1.29 is 40.8 Å². The van der Waals surface area contributed by atoms with E-state index in [0.29, 0.717) is 88.6 Å². The zero-order valence-corrected chi connectivity index (χ0v) is 43.6. The summed E-state index contributed by atoms with van der Waals surface area (Å²) in [6.45, 7) is 4.49. The monoisotopic (exact) mass is 1220 g/mol. The van der Waals surface area contributed by atoms with Gasteiger partial charge in [-0.15, -0.1) is 10.2 Å². The molecule has 6 aromatic heterocycles. The molecule has 0 fully saturated rings. The molecule has 0 aliphatic carbocycles. The highest BCUT2D eigenvalue weighted by molar-refractivity contribution is 9.11. The van der Waals surface area contributed by atoms with E-state index in [-0.39, 0.29) is 49.1 Å². The van der Waals surface area contributed by atoms with E-state index >= 15 is 0 Å². The predicted molar refractivity (Wildman–Crippen MR) is 280 cm³/mol. The van der Waals surface area contributed by atoms with Gasteiger partial charge in [-0.2, -0.15) is 5.11 Å². The molecule has 0 atom stereocenters. The number of aromatic hydroxyl groups is 1. The molecule has 0 radical (unpaired) electrons. The van der Waals surface area contributed by atoms with E-state index in [0.717, 1.165) is 4.47 Å². The van der Waals surface area contributed by atoms with Gasteiger partial charge in [0.1, 0.15) is 28.9 Å². The summed E-state index contributed by atoms with van der Waals surface area (Å²) in [5.74, 6) is -1.00. The lowest BCUT2D eigenvalue weighted by Gasteiger charge is -2.11. The summed E-state index contributed by atoms with van der Waals surface area (Å²) in [4.78, 5) is 96.5. The molecule has 0 saturated carbocycles. The number of anilines is 4. The Labute approximate surface area is 445 Å². The standard InChI is InChI=1S/C17H12BrClN6O2.C9H7ClN2O2.C8H7BrN4O.C8H5BrN2O2.CH4.H2N2.H2O.H2/c1-3-25-15-11(5-9(19)7-21-15)13(17(25)27)23-22-12-10-4-8(18)6-20-14(10)24(2)16(12)26;1-2-12-8-6(7(13)9(12)14)3-5(10)4-11-8;1-13-7-5(2-4(9)3-11-7)6(12-10)8(13)14;1-11-7-5(6(12)8(11)13)2-4(9)3-10-7;;1-2;;/h4-7H,3H2,1-2H3;3-4H,2H2,1H3;2-3,10,14H,1H3;2-3H,1H3;1H4;1-2H;1H2;1H/b22-12-,23-13-;;;;;;;. The number of nitrogens with zero attached hydrogens (tertiary/aromatic N) is 13. The summed E-state index contributed by atoms with van der Waals surface area (Å²) in [5, 5.41) is 22.5. The van der Waals surface area contributed by atoms with Gasteiger partial charge in [0, 0.05) is 80.1 Å². The molecular formula is C43H41Br3Cl2N16O8. The molecule has 6 N–H and O–H groups in total. The first-order valence-electron chi connectivity index (χ1n) is 19.9. The lowest BCUT2D eigenvalue weighted by molar-refractivity contribution is -0.114. The number of pyridine rings is 5. The maximum absolute atomic E-state index is 12.7. The third-order valence-electron chi connectivity index (χ3n) is 10.3. The van der Waals surface area contributed by atoms with Crippen LogP contribution in [0.2, 0.25) is 10.0 Å². The highest BCUT2D eigenvalue weighted by atomic mass is 79.9. The number of hydrogen-bond acceptors (Lipinski definition) is 18. The molecule has 0 saturated heterocycles. The summed E-state index contributed by atoms with van der Waals surface area (Å²) in [6, 6.07) is 8.20. The van der Waals surface area contributed by atoms with Gasteiger partial charge in [-0.1, -0.05) is 30.6 Å². The van der Waals surface area contributed by atoms with E-state index in [2.05, 4.69) is 88.0 Å². The Morgan fingerprint density at radius 2 is 1.00 bits per heavy atom. The van der Waals surface area contributed by atoms with Gasteiger partial charge in [-0.3, -0.25) is 52.9 Å². The lowest BCUT2D eigenvalue weighted by atomic mass is 10.2. The first kappa shape index (κ1) is 57.4. The highest BCUT2D eigenvalue weighted by Gasteiger charge is 2.38. The second-order valence-electron chi connectivity index (χ2n) is 14.3. The van der Waals surface area contributed by atoms with Crippen molar-refractivity contribution in [2.75, 3.05) is 46.8 Å². The first-order chi connectivity index (χ1) is 33.3. The van der Waals surface area contributed by atoms with Crippen LogP contribution in [0.5, 0.6) is 5.88 Å². The molecule has 6 aromatic rings. The van der Waals surface area contributed by atoms with Crippen LogP contribution < -0.4 is 19.6 Å². The quantitative estimate of drug-likeness (QED) is 0.0739. The summed E-state index contributed by atoms with van der Waals surface area (Å²) in [5.41, 5.74) is 19.7. The van der Waals surface area contributed by atoms with Crippen molar-refractivity contribution in [2.45, 2.75) is 21.3 Å². The van der Waals surface area contributed by atoms with E-state index < -0.39 is 23.4 Å². The largest absolute Gasteiger partial charge is 0.493 e. The zero-order valence-electron chi connectivity index (χ0n) is 37.3. The van der Waals surface area contributed by atoms with Crippen molar-refractivity contribution in [3.8, 4) is 5.88 Å². The van der Waals surface area contributed by atoms with Gasteiger partial charge < -0.3 is 10.6 Å². The van der Waals surface area contributed by atoms with Crippen molar-refractivity contribution >= 4 is 158 Å². The number of amides is 4. The smallest absolute Gasteiger partial charge is 0.300 e. The number of ketones is 2. The maximum Gasteiger partial charge on any atom is 0.300 e. The van der Waals surface area contributed by atoms with Gasteiger partial charge in [0.2, 0.25) is 5.88 Å². The number of Topliss-reactive ketones (excluding diaryl/α,β-unsaturated/α-hetero) is 2. The molecule has 72 heavy (non-hydrogen) atoms. The Morgan fingerprint density at radius 1 is 0.597 bits per heavy atom. The molecule has 0 spiro atoms. The van der Waals surface area contributed by atoms with Crippen LogP contribution >= 0.6 is 71.0 Å². The molecule has 4 aliphatic rings. The molecule has 0 unspecified atom stereocenters. The van der Waals surface area contributed by atoms with Crippen LogP contribution in [-0.4, -0.2) is 114 Å². The highest BCUT2D eigenvalue weighted by Crippen LogP contribution is 2.38. The SMILES string of the molecule is C.CCN1C(=O)/C(=N\N=C2/C(=O)N(C)c3ncc(Br)cc32)c2cc(Cl)cnc21.CCN1C(=O)C(=O)c2cc(Cl)cnc21.CN1C(=O)C(=O)c2cc(Br)cnc21.Cn1c(O)c(N=N)c2cc(Br)cnc21.N=N.O.[HH]. The van der Waals surface area contributed by atoms with Crippen LogP contribution in [0.4, 0.5) is 29.0 Å². The van der Waals surface area contributed by atoms with Crippen LogP contribution in [0.1, 0.15) is 54.5 Å². The van der Waals surface area contributed by atoms with Crippen LogP contribution in [0, 0.1) is 16.6 Å². The number of likely N-dealkylation sites (N-methyl/N-ethyl adjacent to an activating group) is 4. The molecule has 29 heteroatoms. The van der Waals surface area contributed by atoms with Crippen LogP contribution in [0.15, 0.2) is 90.1 Å². The predicted octanol–water partition coefficient (Wildman–Crippen LogP) is 8.07. The average Bonchev–Trinajstić information content (AvgIpc) is 4.00. The number of carbonyl (C=O) groups is 6. The van der Waals surface area contributed by atoms with E-state index in [9.17, 15) is 33.9 Å². The Kier molecular flexibility index (Phi) is 19.0. The van der Waals surface area contributed by atoms with Crippen molar-refractivity contribution in [2.24, 2.45) is 22.4 Å². The van der Waals surface area contributed by atoms with Crippen LogP contribution in [0.3, 0.4) is 0 Å². The number of carbonyl (C=O) groups excluding carboxylic acids is 6. The summed E-state index contributed by atoms with van der Waals surface area (Å²) < 4.78 is 3.69. The normalized spacial score (nSPS) is 14.8. The van der Waals surface area contributed by atoms with Gasteiger partial charge in [0.05, 0.1) is 37.7 Å².